The summed E-state index contributed by atoms with van der Waals surface area (Å²) in [4.78, 5) is 26.8. The van der Waals surface area contributed by atoms with Gasteiger partial charge in [-0.2, -0.15) is 0 Å². The predicted molar refractivity (Wildman–Crippen MR) is 105 cm³/mol. The molecule has 0 radical (unpaired) electrons. The smallest absolute Gasteiger partial charge is 0.238 e. The van der Waals surface area contributed by atoms with Gasteiger partial charge in [-0.05, 0) is 43.4 Å². The molecule has 1 aliphatic carbocycles. The lowest BCUT2D eigenvalue weighted by molar-refractivity contribution is -0.134. The van der Waals surface area contributed by atoms with Crippen LogP contribution in [-0.4, -0.2) is 53.3 Å². The number of nitrogens with one attached hydrogen (secondary N) is 2. The minimum absolute atomic E-state index is 0.0264. The molecule has 3 aliphatic heterocycles. The summed E-state index contributed by atoms with van der Waals surface area (Å²) in [6.45, 7) is 2.30. The number of carbonyl (C=O) groups excluding carboxylic acids is 2. The number of fused-ring (bicyclic) bond motifs is 1. The van der Waals surface area contributed by atoms with Gasteiger partial charge in [-0.1, -0.05) is 6.07 Å². The van der Waals surface area contributed by atoms with Gasteiger partial charge >= 0.3 is 0 Å². The van der Waals surface area contributed by atoms with E-state index in [1.807, 2.05) is 34.9 Å². The van der Waals surface area contributed by atoms with Gasteiger partial charge in [0.15, 0.2) is 11.5 Å². The van der Waals surface area contributed by atoms with Crippen molar-refractivity contribution in [1.29, 1.82) is 0 Å². The van der Waals surface area contributed by atoms with Crippen molar-refractivity contribution in [3.63, 3.8) is 0 Å². The fraction of sp³-hybridized carbons (Fsp3) is 0.600. The molecule has 2 amide bonds. The summed E-state index contributed by atoms with van der Waals surface area (Å²) < 4.78 is 10.7. The number of amides is 2. The number of benzene rings is 1. The van der Waals surface area contributed by atoms with Gasteiger partial charge < -0.3 is 19.7 Å². The fourth-order valence-electron chi connectivity index (χ4n) is 4.11. The third-order valence-corrected chi connectivity index (χ3v) is 7.57. The van der Waals surface area contributed by atoms with Crippen molar-refractivity contribution in [2.45, 2.75) is 43.1 Å². The summed E-state index contributed by atoms with van der Waals surface area (Å²) in [7, 11) is 0. The van der Waals surface area contributed by atoms with Crippen molar-refractivity contribution in [2.75, 3.05) is 25.6 Å². The third-order valence-electron chi connectivity index (χ3n) is 5.99. The second kappa shape index (κ2) is 7.15. The average molecular weight is 404 g/mol. The van der Waals surface area contributed by atoms with E-state index < -0.39 is 0 Å². The Bertz CT molecular complexity index is 790. The van der Waals surface area contributed by atoms with Crippen LogP contribution in [0.25, 0.3) is 0 Å². The van der Waals surface area contributed by atoms with Gasteiger partial charge in [-0.3, -0.25) is 14.9 Å². The highest BCUT2D eigenvalue weighted by molar-refractivity contribution is 8.01. The Hall–Kier alpha value is -1.93. The number of rotatable bonds is 4. The van der Waals surface area contributed by atoms with Crippen LogP contribution < -0.4 is 20.1 Å². The van der Waals surface area contributed by atoms with Crippen LogP contribution in [0.4, 0.5) is 0 Å². The molecular formula is C20H25N3O4S. The number of carbonyl (C=O) groups is 2. The van der Waals surface area contributed by atoms with Gasteiger partial charge in [0.05, 0.1) is 10.9 Å². The number of nitrogens with zero attached hydrogens (tertiary/aromatic N) is 1. The van der Waals surface area contributed by atoms with Crippen molar-refractivity contribution >= 4 is 23.6 Å². The lowest BCUT2D eigenvalue weighted by atomic mass is 10.0. The highest BCUT2D eigenvalue weighted by Gasteiger charge is 2.45. The Morgan fingerprint density at radius 1 is 1.21 bits per heavy atom. The zero-order chi connectivity index (χ0) is 19.1. The standard InChI is InChI=1S/C20H25N3O4S/c24-18(21-10-13-1-4-16-17(9-13)27-12-26-16)15-11-28-20(22-15)5-7-23(8-6-20)19(25)14-2-3-14/h1,4,9,14-15,22H,2-3,5-8,10-12H2,(H,21,24)/t15-/m0/s1. The second-order valence-electron chi connectivity index (χ2n) is 8.01. The maximum atomic E-state index is 12.6. The van der Waals surface area contributed by atoms with Crippen molar-refractivity contribution in [1.82, 2.24) is 15.5 Å². The lowest BCUT2D eigenvalue weighted by Gasteiger charge is -2.39. The summed E-state index contributed by atoms with van der Waals surface area (Å²) in [6, 6.07) is 5.54. The molecule has 2 N–H and O–H groups in total. The molecular weight excluding hydrogens is 378 g/mol. The SMILES string of the molecule is O=C(NCc1ccc2c(c1)OCO2)[C@@H]1CSC2(CCN(C(=O)C3CC3)CC2)N1. The van der Waals surface area contributed by atoms with E-state index in [1.54, 1.807) is 0 Å². The number of ether oxygens (including phenoxy) is 2. The molecule has 150 valence electrons. The summed E-state index contributed by atoms with van der Waals surface area (Å²) in [5.41, 5.74) is 0.991. The van der Waals surface area contributed by atoms with Gasteiger partial charge in [0, 0.05) is 31.3 Å². The third kappa shape index (κ3) is 3.55. The van der Waals surface area contributed by atoms with Gasteiger partial charge in [0.1, 0.15) is 0 Å². The lowest BCUT2D eigenvalue weighted by Crippen LogP contribution is -2.54. The normalized spacial score (nSPS) is 25.1. The quantitative estimate of drug-likeness (QED) is 0.793. The van der Waals surface area contributed by atoms with Crippen LogP contribution in [0.3, 0.4) is 0 Å². The van der Waals surface area contributed by atoms with Crippen molar-refractivity contribution in [2.24, 2.45) is 5.92 Å². The van der Waals surface area contributed by atoms with Crippen LogP contribution in [0.1, 0.15) is 31.2 Å². The molecule has 3 fully saturated rings. The highest BCUT2D eigenvalue weighted by atomic mass is 32.2. The average Bonchev–Trinajstić information content (AvgIpc) is 3.33. The minimum atomic E-state index is -0.190. The summed E-state index contributed by atoms with van der Waals surface area (Å²) in [5, 5.41) is 6.59. The fourth-order valence-corrected chi connectivity index (χ4v) is 5.53. The molecule has 8 heteroatoms. The molecule has 0 aromatic heterocycles. The number of thioether (sulfide) groups is 1. The topological polar surface area (TPSA) is 79.9 Å². The van der Waals surface area contributed by atoms with Crippen LogP contribution in [0.15, 0.2) is 18.2 Å². The summed E-state index contributed by atoms with van der Waals surface area (Å²) in [6.07, 6.45) is 3.92. The molecule has 1 aromatic carbocycles. The zero-order valence-electron chi connectivity index (χ0n) is 15.7. The summed E-state index contributed by atoms with van der Waals surface area (Å²) >= 11 is 1.83. The number of hydrogen-bond acceptors (Lipinski definition) is 6. The molecule has 1 spiro atoms. The van der Waals surface area contributed by atoms with Crippen LogP contribution >= 0.6 is 11.8 Å². The van der Waals surface area contributed by atoms with Crippen molar-refractivity contribution in [3.05, 3.63) is 23.8 Å². The van der Waals surface area contributed by atoms with Gasteiger partial charge in [-0.25, -0.2) is 0 Å². The number of piperidine rings is 1. The number of hydrogen-bond donors (Lipinski definition) is 2. The van der Waals surface area contributed by atoms with E-state index >= 15 is 0 Å². The molecule has 1 aromatic rings. The van der Waals surface area contributed by atoms with E-state index in [9.17, 15) is 9.59 Å². The Morgan fingerprint density at radius 3 is 2.79 bits per heavy atom. The van der Waals surface area contributed by atoms with Gasteiger partial charge in [0.25, 0.3) is 0 Å². The minimum Gasteiger partial charge on any atom is -0.454 e. The monoisotopic (exact) mass is 403 g/mol. The molecule has 5 rings (SSSR count). The van der Waals surface area contributed by atoms with E-state index in [0.717, 1.165) is 61.6 Å². The summed E-state index contributed by atoms with van der Waals surface area (Å²) in [5.74, 6) is 2.89. The molecule has 1 saturated carbocycles. The molecule has 0 bridgehead atoms. The Labute approximate surface area is 168 Å². The largest absolute Gasteiger partial charge is 0.454 e. The van der Waals surface area contributed by atoms with Crippen molar-refractivity contribution < 1.29 is 19.1 Å². The zero-order valence-corrected chi connectivity index (χ0v) is 16.6. The first-order chi connectivity index (χ1) is 13.6. The first-order valence-electron chi connectivity index (χ1n) is 9.99. The molecule has 0 unspecified atom stereocenters. The van der Waals surface area contributed by atoms with E-state index in [2.05, 4.69) is 10.6 Å². The highest BCUT2D eigenvalue weighted by Crippen LogP contribution is 2.40. The maximum Gasteiger partial charge on any atom is 0.238 e. The van der Waals surface area contributed by atoms with E-state index in [-0.39, 0.29) is 29.5 Å². The maximum absolute atomic E-state index is 12.6. The van der Waals surface area contributed by atoms with Crippen LogP contribution in [-0.2, 0) is 16.1 Å². The molecule has 1 atom stereocenters. The van der Waals surface area contributed by atoms with Gasteiger partial charge in [0.2, 0.25) is 18.6 Å². The molecule has 4 aliphatic rings. The Balaban J connectivity index is 1.12. The first kappa shape index (κ1) is 18.1. The van der Waals surface area contributed by atoms with Crippen LogP contribution in [0.5, 0.6) is 11.5 Å². The second-order valence-corrected chi connectivity index (χ2v) is 9.41. The molecule has 28 heavy (non-hydrogen) atoms. The van der Waals surface area contributed by atoms with Crippen LogP contribution in [0.2, 0.25) is 0 Å². The van der Waals surface area contributed by atoms with E-state index in [4.69, 9.17) is 9.47 Å². The Kier molecular flexibility index (Phi) is 4.63. The molecule has 3 heterocycles. The van der Waals surface area contributed by atoms with Crippen molar-refractivity contribution in [3.8, 4) is 11.5 Å². The molecule has 2 saturated heterocycles. The van der Waals surface area contributed by atoms with Gasteiger partial charge in [-0.15, -0.1) is 11.8 Å². The first-order valence-corrected chi connectivity index (χ1v) is 11.0. The van der Waals surface area contributed by atoms with E-state index in [0.29, 0.717) is 12.5 Å². The Morgan fingerprint density at radius 2 is 2.00 bits per heavy atom. The van der Waals surface area contributed by atoms with Crippen LogP contribution in [0, 0.1) is 5.92 Å². The van der Waals surface area contributed by atoms with E-state index in [1.165, 1.54) is 0 Å². The molecule has 7 nitrogen and oxygen atoms in total. The predicted octanol–water partition coefficient (Wildman–Crippen LogP) is 1.47. The number of likely N-dealkylation sites (tertiary alicyclic amines) is 1.